The Balaban J connectivity index is -0.00000122. The zero-order chi connectivity index (χ0) is 61.5. The van der Waals surface area contributed by atoms with Crippen LogP contribution in [0.25, 0.3) is 0 Å². The van der Waals surface area contributed by atoms with Crippen molar-refractivity contribution in [2.45, 2.75) is 235 Å². The largest absolute Gasteiger partial charge is 0.481 e. The molecule has 2 N–H and O–H groups in total. The van der Waals surface area contributed by atoms with Gasteiger partial charge in [-0.25, -0.2) is 4.79 Å². The van der Waals surface area contributed by atoms with Gasteiger partial charge in [0.1, 0.15) is 12.7 Å². The molecule has 0 heterocycles. The summed E-state index contributed by atoms with van der Waals surface area (Å²) in [6, 6.07) is 0. The monoisotopic (exact) mass is 1160 g/mol. The van der Waals surface area contributed by atoms with E-state index in [1.807, 2.05) is 48.5 Å². The average molecular weight is 1160 g/mol. The van der Waals surface area contributed by atoms with Crippen LogP contribution in [0.2, 0.25) is 0 Å². The quantitative estimate of drug-likeness (QED) is 0.0248. The Morgan fingerprint density at radius 3 is 1.33 bits per heavy atom. The van der Waals surface area contributed by atoms with E-state index in [4.69, 9.17) is 47.7 Å². The Morgan fingerprint density at radius 1 is 0.457 bits per heavy atom. The Labute approximate surface area is 485 Å². The normalized spacial score (nSPS) is 12.3. The summed E-state index contributed by atoms with van der Waals surface area (Å²) in [6.45, 7) is 23.5. The highest BCUT2D eigenvalue weighted by atomic mass is 16.6. The molecule has 20 heteroatoms. The van der Waals surface area contributed by atoms with Gasteiger partial charge < -0.3 is 52.8 Å². The van der Waals surface area contributed by atoms with Crippen LogP contribution in [0.3, 0.4) is 0 Å². The molecule has 0 bridgehead atoms. The highest BCUT2D eigenvalue weighted by Crippen LogP contribution is 2.21. The number of carboxylic acids is 1. The summed E-state index contributed by atoms with van der Waals surface area (Å²) in [5.74, 6) is -2.59. The Morgan fingerprint density at radius 2 is 0.864 bits per heavy atom. The molecular weight excluding hydrogens is 1050 g/mol. The average Bonchev–Trinajstić information content (AvgIpc) is 3.45. The van der Waals surface area contributed by atoms with Crippen LogP contribution in [0.15, 0.2) is 12.7 Å². The summed E-state index contributed by atoms with van der Waals surface area (Å²) >= 11 is 0. The van der Waals surface area contributed by atoms with Crippen LogP contribution >= 0.6 is 0 Å². The second kappa shape index (κ2) is 55.4. The molecule has 0 rings (SSSR count). The van der Waals surface area contributed by atoms with Crippen LogP contribution in [0.4, 0.5) is 0 Å². The summed E-state index contributed by atoms with van der Waals surface area (Å²) in [4.78, 5) is 103. The fourth-order valence-corrected chi connectivity index (χ4v) is 6.47. The minimum Gasteiger partial charge on any atom is -0.481 e. The highest BCUT2D eigenvalue weighted by molar-refractivity contribution is 5.81. The van der Waals surface area contributed by atoms with E-state index in [1.54, 1.807) is 0 Å². The summed E-state index contributed by atoms with van der Waals surface area (Å²) in [7, 11) is 0. The molecule has 81 heavy (non-hydrogen) atoms. The van der Waals surface area contributed by atoms with Crippen LogP contribution in [0.1, 0.15) is 229 Å². The fourth-order valence-electron chi connectivity index (χ4n) is 6.47. The lowest BCUT2D eigenvalue weighted by atomic mass is 9.91. The summed E-state index contributed by atoms with van der Waals surface area (Å²) < 4.78 is 46.2. The maximum atomic E-state index is 11.9. The number of aliphatic hydroxyl groups excluding tert-OH is 1. The van der Waals surface area contributed by atoms with Gasteiger partial charge in [0.05, 0.1) is 70.1 Å². The number of aliphatic hydroxyl groups is 1. The van der Waals surface area contributed by atoms with Gasteiger partial charge in [0.25, 0.3) is 0 Å². The first-order chi connectivity index (χ1) is 38.6. The molecule has 0 aliphatic heterocycles. The molecule has 0 fully saturated rings. The van der Waals surface area contributed by atoms with Crippen molar-refractivity contribution in [1.29, 1.82) is 0 Å². The molecule has 0 saturated heterocycles. The lowest BCUT2D eigenvalue weighted by Crippen LogP contribution is -2.26. The zero-order valence-electron chi connectivity index (χ0n) is 51.3. The first-order valence-corrected chi connectivity index (χ1v) is 30.0. The molecule has 20 nitrogen and oxygen atoms in total. The molecule has 0 amide bonds. The summed E-state index contributed by atoms with van der Waals surface area (Å²) in [6.07, 6.45) is 17.7. The predicted octanol–water partition coefficient (Wildman–Crippen LogP) is 11.1. The third kappa shape index (κ3) is 53.9. The van der Waals surface area contributed by atoms with Crippen LogP contribution in [-0.4, -0.2) is 136 Å². The summed E-state index contributed by atoms with van der Waals surface area (Å²) in [5.41, 5.74) is -0.506. The topological polar surface area (TPSA) is 277 Å². The Kier molecular flexibility index (Phi) is 54.8. The van der Waals surface area contributed by atoms with Crippen molar-refractivity contribution in [3.8, 4) is 0 Å². The van der Waals surface area contributed by atoms with E-state index in [0.29, 0.717) is 136 Å². The number of carbonyl (C=O) groups excluding carboxylic acids is 8. The second-order valence-electron chi connectivity index (χ2n) is 20.7. The van der Waals surface area contributed by atoms with E-state index in [2.05, 4.69) is 20.4 Å². The van der Waals surface area contributed by atoms with Gasteiger partial charge >= 0.3 is 53.7 Å². The number of unbranched alkanes of at least 4 members (excludes halogenated alkanes) is 9. The molecule has 0 radical (unpaired) electrons. The molecule has 0 spiro atoms. The number of hydrogen-bond acceptors (Lipinski definition) is 19. The third-order valence-corrected chi connectivity index (χ3v) is 13.0. The highest BCUT2D eigenvalue weighted by Gasteiger charge is 2.27. The number of esters is 8. The molecule has 0 saturated carbocycles. The Hall–Kier alpha value is -5.11. The molecule has 0 aliphatic carbocycles. The predicted molar refractivity (Wildman–Crippen MR) is 306 cm³/mol. The number of carboxylic acid groups (broad SMARTS) is 1. The molecule has 4 unspecified atom stereocenters. The first-order valence-electron chi connectivity index (χ1n) is 30.0. The Bertz CT molecular complexity index is 1680. The van der Waals surface area contributed by atoms with E-state index in [9.17, 15) is 48.3 Å². The van der Waals surface area contributed by atoms with Gasteiger partial charge in [-0.3, -0.25) is 38.4 Å². The van der Waals surface area contributed by atoms with Crippen LogP contribution < -0.4 is 0 Å². The van der Waals surface area contributed by atoms with Gasteiger partial charge in [-0.2, -0.15) is 0 Å². The van der Waals surface area contributed by atoms with Gasteiger partial charge in [0.15, 0.2) is 0 Å². The van der Waals surface area contributed by atoms with Crippen molar-refractivity contribution in [2.24, 2.45) is 23.2 Å². The molecule has 0 aromatic rings. The van der Waals surface area contributed by atoms with Crippen molar-refractivity contribution in [3.05, 3.63) is 12.7 Å². The van der Waals surface area contributed by atoms with Crippen molar-refractivity contribution >= 4 is 53.7 Å². The van der Waals surface area contributed by atoms with Crippen LogP contribution in [-0.2, 0) is 85.8 Å². The molecule has 0 aromatic heterocycles. The van der Waals surface area contributed by atoms with E-state index in [0.717, 1.165) is 70.3 Å². The van der Waals surface area contributed by atoms with Gasteiger partial charge in [-0.05, 0) is 135 Å². The van der Waals surface area contributed by atoms with Gasteiger partial charge in [0, 0.05) is 44.8 Å². The number of aliphatic carboxylic acids is 1. The number of hydrogen-bond donors (Lipinski definition) is 2. The molecule has 0 aliphatic rings. The number of carbonyl (C=O) groups is 9. The van der Waals surface area contributed by atoms with Gasteiger partial charge in [-0.15, -0.1) is 0 Å². The van der Waals surface area contributed by atoms with Gasteiger partial charge in [-0.1, -0.05) is 74.3 Å². The maximum Gasteiger partial charge on any atom is 0.330 e. The van der Waals surface area contributed by atoms with E-state index in [1.165, 1.54) is 0 Å². The minimum atomic E-state index is -0.877. The first kappa shape index (κ1) is 80.1. The van der Waals surface area contributed by atoms with Crippen molar-refractivity contribution in [1.82, 2.24) is 0 Å². The number of ether oxygens (including phenoxy) is 9. The molecule has 472 valence electrons. The second-order valence-corrected chi connectivity index (χ2v) is 20.7. The fraction of sp³-hybridized carbons (Fsp3) is 0.820. The van der Waals surface area contributed by atoms with E-state index in [-0.39, 0.29) is 92.7 Å². The van der Waals surface area contributed by atoms with Crippen molar-refractivity contribution in [3.63, 3.8) is 0 Å². The van der Waals surface area contributed by atoms with E-state index >= 15 is 0 Å². The molecular formula is C61H108O20. The molecule has 0 aromatic carbocycles. The third-order valence-electron chi connectivity index (χ3n) is 13.0. The standard InChI is InChI=1S/C29H52O8.C21H36O8.C11H20O4/c1-6-9-16-24(7-2)23-37-27(32)18-12-14-21-35-25(30)17-11-10-13-20-34-26(31)19-15-22-36-28(33)29(4,5)8-3;1-4-17(3)21(25)28-14-8-6-7-11-20(24)29-16-18(22)15-26-12-9-10-13-27-19(23)5-2;1-3-9(2)11(14)15-8-6-4-5-7-10(12)13/h24H,6-23H2,1-5H3;5,17-18,22H,2,4,6-16H2,1,3H3;9H,3-8H2,1-2H3,(H,12,13). The smallest absolute Gasteiger partial charge is 0.330 e. The van der Waals surface area contributed by atoms with Crippen molar-refractivity contribution in [2.75, 3.05) is 66.1 Å². The van der Waals surface area contributed by atoms with Crippen molar-refractivity contribution < 1.29 is 96.0 Å². The summed E-state index contributed by atoms with van der Waals surface area (Å²) in [5, 5.41) is 18.1. The van der Waals surface area contributed by atoms with Crippen LogP contribution in [0, 0.1) is 23.2 Å². The maximum absolute atomic E-state index is 11.9. The number of rotatable bonds is 49. The minimum absolute atomic E-state index is 0.0379. The van der Waals surface area contributed by atoms with Crippen LogP contribution in [0.5, 0.6) is 0 Å². The lowest BCUT2D eigenvalue weighted by Gasteiger charge is -2.20. The van der Waals surface area contributed by atoms with Gasteiger partial charge in [0.2, 0.25) is 0 Å². The zero-order valence-corrected chi connectivity index (χ0v) is 51.3. The lowest BCUT2D eigenvalue weighted by molar-refractivity contribution is -0.155. The molecule has 4 atom stereocenters. The SMILES string of the molecule is C=CC(=O)OCCCCOCC(O)COC(=O)CCCCCOC(=O)C(C)CC.CCC(C)C(=O)OCCCCCC(=O)O.CCCCC(CC)COC(=O)CCCCOC(=O)CCCCCOC(=O)CCCOC(=O)C(C)(C)CC. The van der Waals surface area contributed by atoms with E-state index < -0.39 is 23.5 Å².